The molecule has 0 amide bonds. The summed E-state index contributed by atoms with van der Waals surface area (Å²) in [5.74, 6) is -0.569. The topological polar surface area (TPSA) is 35.5 Å². The Hall–Kier alpha value is -0.840. The van der Waals surface area contributed by atoms with Crippen molar-refractivity contribution in [1.82, 2.24) is 0 Å². The third-order valence-electron chi connectivity index (χ3n) is 2.70. The summed E-state index contributed by atoms with van der Waals surface area (Å²) in [7, 11) is 0. The Labute approximate surface area is 112 Å². The van der Waals surface area contributed by atoms with Gasteiger partial charge in [-0.25, -0.2) is 0 Å². The van der Waals surface area contributed by atoms with Crippen molar-refractivity contribution in [1.29, 1.82) is 0 Å². The molecule has 1 aliphatic heterocycles. The van der Waals surface area contributed by atoms with Crippen LogP contribution in [0.3, 0.4) is 0 Å². The van der Waals surface area contributed by atoms with Crippen LogP contribution in [-0.2, 0) is 14.3 Å². The number of carbonyl (C=O) groups is 1. The standard InChI is InChI=1S/C14H18O3S/c1-14(2)16-12(9-6-10-15)13(17-14)18-11-7-4-3-5-8-11/h3-5,7-8,10,12-13H,6,9H2,1-2H3/t12-,13-/m1/s1. The molecule has 0 radical (unpaired) electrons. The highest BCUT2D eigenvalue weighted by Crippen LogP contribution is 2.39. The van der Waals surface area contributed by atoms with E-state index in [0.29, 0.717) is 12.8 Å². The summed E-state index contributed by atoms with van der Waals surface area (Å²) in [5, 5.41) is 0. The van der Waals surface area contributed by atoms with Crippen LogP contribution in [0, 0.1) is 0 Å². The van der Waals surface area contributed by atoms with E-state index in [0.717, 1.165) is 11.2 Å². The maximum Gasteiger partial charge on any atom is 0.164 e. The van der Waals surface area contributed by atoms with Crippen LogP contribution in [0.15, 0.2) is 35.2 Å². The molecule has 0 spiro atoms. The normalized spacial score (nSPS) is 26.1. The minimum Gasteiger partial charge on any atom is -0.344 e. The highest BCUT2D eigenvalue weighted by atomic mass is 32.2. The highest BCUT2D eigenvalue weighted by molar-refractivity contribution is 7.99. The van der Waals surface area contributed by atoms with Crippen LogP contribution in [0.1, 0.15) is 26.7 Å². The Morgan fingerprint density at radius 1 is 1.28 bits per heavy atom. The Morgan fingerprint density at radius 3 is 2.67 bits per heavy atom. The average Bonchev–Trinajstić information content (AvgIpc) is 2.62. The van der Waals surface area contributed by atoms with Gasteiger partial charge in [0, 0.05) is 11.3 Å². The van der Waals surface area contributed by atoms with E-state index in [4.69, 9.17) is 9.47 Å². The lowest BCUT2D eigenvalue weighted by atomic mass is 10.2. The lowest BCUT2D eigenvalue weighted by molar-refractivity contribution is -0.141. The number of hydrogen-bond donors (Lipinski definition) is 0. The van der Waals surface area contributed by atoms with Gasteiger partial charge < -0.3 is 14.3 Å². The van der Waals surface area contributed by atoms with Crippen molar-refractivity contribution in [2.45, 2.75) is 48.9 Å². The molecule has 1 aromatic rings. The van der Waals surface area contributed by atoms with Crippen LogP contribution < -0.4 is 0 Å². The van der Waals surface area contributed by atoms with Gasteiger partial charge >= 0.3 is 0 Å². The first-order chi connectivity index (χ1) is 8.61. The molecule has 0 aliphatic carbocycles. The van der Waals surface area contributed by atoms with Crippen LogP contribution in [0.25, 0.3) is 0 Å². The van der Waals surface area contributed by atoms with Crippen molar-refractivity contribution in [2.75, 3.05) is 0 Å². The first kappa shape index (κ1) is 13.6. The molecule has 18 heavy (non-hydrogen) atoms. The number of aldehydes is 1. The third kappa shape index (κ3) is 3.57. The number of hydrogen-bond acceptors (Lipinski definition) is 4. The van der Waals surface area contributed by atoms with E-state index in [2.05, 4.69) is 12.1 Å². The van der Waals surface area contributed by atoms with E-state index in [1.54, 1.807) is 11.8 Å². The minimum atomic E-state index is -0.569. The second-order valence-electron chi connectivity index (χ2n) is 4.72. The smallest absolute Gasteiger partial charge is 0.164 e. The Balaban J connectivity index is 2.02. The maximum absolute atomic E-state index is 10.5. The van der Waals surface area contributed by atoms with Gasteiger partial charge in [-0.15, -0.1) is 0 Å². The second-order valence-corrected chi connectivity index (χ2v) is 5.89. The molecule has 0 saturated carbocycles. The lowest BCUT2D eigenvalue weighted by Crippen LogP contribution is -2.21. The molecular weight excluding hydrogens is 248 g/mol. The van der Waals surface area contributed by atoms with Crippen molar-refractivity contribution >= 4 is 18.0 Å². The molecule has 2 rings (SSSR count). The van der Waals surface area contributed by atoms with Gasteiger partial charge in [0.25, 0.3) is 0 Å². The zero-order valence-electron chi connectivity index (χ0n) is 10.7. The van der Waals surface area contributed by atoms with Crippen LogP contribution in [-0.4, -0.2) is 23.6 Å². The summed E-state index contributed by atoms with van der Waals surface area (Å²) in [6.07, 6.45) is 2.11. The molecule has 0 aromatic heterocycles. The molecule has 0 bridgehead atoms. The van der Waals surface area contributed by atoms with Gasteiger partial charge in [0.15, 0.2) is 5.79 Å². The summed E-state index contributed by atoms with van der Waals surface area (Å²) in [5.41, 5.74) is -0.0534. The van der Waals surface area contributed by atoms with Gasteiger partial charge in [-0.1, -0.05) is 30.0 Å². The fraction of sp³-hybridized carbons (Fsp3) is 0.500. The molecule has 1 fully saturated rings. The number of carbonyl (C=O) groups excluding carboxylic acids is 1. The molecule has 1 saturated heterocycles. The largest absolute Gasteiger partial charge is 0.344 e. The molecule has 2 atom stereocenters. The van der Waals surface area contributed by atoms with E-state index in [-0.39, 0.29) is 11.5 Å². The summed E-state index contributed by atoms with van der Waals surface area (Å²) < 4.78 is 11.7. The number of rotatable bonds is 5. The Morgan fingerprint density at radius 2 is 2.00 bits per heavy atom. The van der Waals surface area contributed by atoms with Crippen LogP contribution in [0.5, 0.6) is 0 Å². The summed E-state index contributed by atoms with van der Waals surface area (Å²) in [4.78, 5) is 11.6. The van der Waals surface area contributed by atoms with E-state index in [9.17, 15) is 4.79 Å². The summed E-state index contributed by atoms with van der Waals surface area (Å²) >= 11 is 1.65. The van der Waals surface area contributed by atoms with Crippen molar-refractivity contribution in [2.24, 2.45) is 0 Å². The van der Waals surface area contributed by atoms with Crippen LogP contribution in [0.4, 0.5) is 0 Å². The SMILES string of the molecule is CC1(C)O[C@H](Sc2ccccc2)[C@@H](CCC=O)O1. The van der Waals surface area contributed by atoms with Gasteiger partial charge in [0.1, 0.15) is 11.7 Å². The zero-order chi connectivity index (χ0) is 13.0. The van der Waals surface area contributed by atoms with E-state index >= 15 is 0 Å². The van der Waals surface area contributed by atoms with Gasteiger partial charge in [0.2, 0.25) is 0 Å². The lowest BCUT2D eigenvalue weighted by Gasteiger charge is -2.16. The quantitative estimate of drug-likeness (QED) is 0.766. The van der Waals surface area contributed by atoms with Crippen molar-refractivity contribution in [3.8, 4) is 0 Å². The number of thioether (sulfide) groups is 1. The Kier molecular flexibility index (Phi) is 4.43. The summed E-state index contributed by atoms with van der Waals surface area (Å²) in [6.45, 7) is 3.82. The number of benzene rings is 1. The average molecular weight is 266 g/mol. The van der Waals surface area contributed by atoms with Crippen molar-refractivity contribution in [3.63, 3.8) is 0 Å². The van der Waals surface area contributed by atoms with Crippen molar-refractivity contribution < 1.29 is 14.3 Å². The van der Waals surface area contributed by atoms with Gasteiger partial charge in [-0.2, -0.15) is 0 Å². The molecular formula is C14H18O3S. The van der Waals surface area contributed by atoms with Crippen LogP contribution in [0.2, 0.25) is 0 Å². The summed E-state index contributed by atoms with van der Waals surface area (Å²) in [6, 6.07) is 10.1. The molecule has 0 N–H and O–H groups in total. The first-order valence-electron chi connectivity index (χ1n) is 6.12. The fourth-order valence-corrected chi connectivity index (χ4v) is 3.17. The molecule has 1 aromatic carbocycles. The van der Waals surface area contributed by atoms with Crippen molar-refractivity contribution in [3.05, 3.63) is 30.3 Å². The Bertz CT molecular complexity index is 391. The highest BCUT2D eigenvalue weighted by Gasteiger charge is 2.41. The first-order valence-corrected chi connectivity index (χ1v) is 7.00. The van der Waals surface area contributed by atoms with Gasteiger partial charge in [0.05, 0.1) is 6.10 Å². The fourth-order valence-electron chi connectivity index (χ4n) is 1.96. The van der Waals surface area contributed by atoms with E-state index in [1.165, 1.54) is 0 Å². The third-order valence-corrected chi connectivity index (χ3v) is 3.88. The molecule has 1 aliphatic rings. The second kappa shape index (κ2) is 5.87. The van der Waals surface area contributed by atoms with Crippen LogP contribution >= 0.6 is 11.8 Å². The molecule has 98 valence electrons. The number of ether oxygens (including phenoxy) is 2. The predicted molar refractivity (Wildman–Crippen MR) is 71.4 cm³/mol. The monoisotopic (exact) mass is 266 g/mol. The van der Waals surface area contributed by atoms with E-state index in [1.807, 2.05) is 32.0 Å². The zero-order valence-corrected chi connectivity index (χ0v) is 11.5. The molecule has 1 heterocycles. The molecule has 3 nitrogen and oxygen atoms in total. The predicted octanol–water partition coefficient (Wildman–Crippen LogP) is 3.24. The van der Waals surface area contributed by atoms with E-state index < -0.39 is 5.79 Å². The maximum atomic E-state index is 10.5. The van der Waals surface area contributed by atoms with Gasteiger partial charge in [-0.3, -0.25) is 0 Å². The minimum absolute atomic E-state index is 0.0320. The van der Waals surface area contributed by atoms with Gasteiger partial charge in [-0.05, 0) is 32.4 Å². The molecule has 0 unspecified atom stereocenters. The molecule has 4 heteroatoms.